The lowest BCUT2D eigenvalue weighted by atomic mass is 10.4. The minimum absolute atomic E-state index is 0.0997. The lowest BCUT2D eigenvalue weighted by Gasteiger charge is -2.07. The Morgan fingerprint density at radius 1 is 1.60 bits per heavy atom. The van der Waals surface area contributed by atoms with E-state index in [-0.39, 0.29) is 12.2 Å². The van der Waals surface area contributed by atoms with Gasteiger partial charge < -0.3 is 15.0 Å². The molecule has 2 N–H and O–H groups in total. The number of hydrogen-bond donors (Lipinski definition) is 2. The van der Waals surface area contributed by atoms with E-state index in [1.165, 1.54) is 0 Å². The molecule has 0 fully saturated rings. The molecule has 0 saturated heterocycles. The molecule has 0 unspecified atom stereocenters. The van der Waals surface area contributed by atoms with E-state index < -0.39 is 0 Å². The zero-order chi connectivity index (χ0) is 11.1. The molecule has 0 spiro atoms. The molecule has 0 saturated carbocycles. The van der Waals surface area contributed by atoms with E-state index in [2.05, 4.69) is 10.3 Å². The number of nitrogens with zero attached hydrogens (tertiary/aromatic N) is 2. The summed E-state index contributed by atoms with van der Waals surface area (Å²) in [5, 5.41) is 11.5. The molecular weight excluding hydrogens is 194 g/mol. The van der Waals surface area contributed by atoms with E-state index >= 15 is 0 Å². The van der Waals surface area contributed by atoms with Crippen molar-refractivity contribution in [3.05, 3.63) is 22.7 Å². The average Bonchev–Trinajstić information content (AvgIpc) is 2.24. The topological polar surface area (TPSA) is 67.2 Å². The van der Waals surface area contributed by atoms with Gasteiger partial charge in [0.05, 0.1) is 0 Å². The number of rotatable bonds is 6. The Labute approximate surface area is 88.8 Å². The molecule has 1 heterocycles. The van der Waals surface area contributed by atoms with E-state index in [1.807, 2.05) is 6.92 Å². The van der Waals surface area contributed by atoms with Crippen LogP contribution < -0.4 is 10.9 Å². The number of nitrogens with one attached hydrogen (secondary N) is 1. The molecule has 1 rings (SSSR count). The third kappa shape index (κ3) is 3.36. The molecule has 15 heavy (non-hydrogen) atoms. The molecule has 0 aromatic carbocycles. The molecule has 84 valence electrons. The lowest BCUT2D eigenvalue weighted by molar-refractivity contribution is 0.292. The maximum absolute atomic E-state index is 11.7. The summed E-state index contributed by atoms with van der Waals surface area (Å²) in [5.41, 5.74) is -0.0997. The van der Waals surface area contributed by atoms with Crippen LogP contribution >= 0.6 is 0 Å². The predicted molar refractivity (Wildman–Crippen MR) is 59.0 cm³/mol. The first-order valence-corrected chi connectivity index (χ1v) is 5.19. The summed E-state index contributed by atoms with van der Waals surface area (Å²) >= 11 is 0. The van der Waals surface area contributed by atoms with Crippen molar-refractivity contribution < 1.29 is 5.11 Å². The SMILES string of the molecule is CCCn1ccnc(NCCCO)c1=O. The van der Waals surface area contributed by atoms with Crippen molar-refractivity contribution in [1.29, 1.82) is 0 Å². The molecule has 0 bridgehead atoms. The Hall–Kier alpha value is -1.36. The summed E-state index contributed by atoms with van der Waals surface area (Å²) in [6, 6.07) is 0. The molecule has 0 aliphatic heterocycles. The van der Waals surface area contributed by atoms with Crippen LogP contribution in [0.15, 0.2) is 17.2 Å². The van der Waals surface area contributed by atoms with Gasteiger partial charge in [0, 0.05) is 32.1 Å². The van der Waals surface area contributed by atoms with Crippen LogP contribution in [0.4, 0.5) is 5.82 Å². The molecule has 0 aliphatic carbocycles. The van der Waals surface area contributed by atoms with Gasteiger partial charge in [-0.2, -0.15) is 0 Å². The third-order valence-electron chi connectivity index (χ3n) is 2.01. The fraction of sp³-hybridized carbons (Fsp3) is 0.600. The van der Waals surface area contributed by atoms with Crippen LogP contribution in [-0.2, 0) is 6.54 Å². The highest BCUT2D eigenvalue weighted by atomic mass is 16.3. The highest BCUT2D eigenvalue weighted by Gasteiger charge is 2.02. The summed E-state index contributed by atoms with van der Waals surface area (Å²) in [4.78, 5) is 15.7. The largest absolute Gasteiger partial charge is 0.396 e. The average molecular weight is 211 g/mol. The van der Waals surface area contributed by atoms with Crippen molar-refractivity contribution in [2.24, 2.45) is 0 Å². The fourth-order valence-electron chi connectivity index (χ4n) is 1.27. The maximum atomic E-state index is 11.7. The molecule has 0 aliphatic rings. The minimum Gasteiger partial charge on any atom is -0.396 e. The fourth-order valence-corrected chi connectivity index (χ4v) is 1.27. The second-order valence-corrected chi connectivity index (χ2v) is 3.28. The van der Waals surface area contributed by atoms with Crippen LogP contribution in [0, 0.1) is 0 Å². The number of aliphatic hydroxyl groups is 1. The highest BCUT2D eigenvalue weighted by molar-refractivity contribution is 5.30. The van der Waals surface area contributed by atoms with Crippen LogP contribution in [0.25, 0.3) is 0 Å². The van der Waals surface area contributed by atoms with Crippen LogP contribution in [0.5, 0.6) is 0 Å². The van der Waals surface area contributed by atoms with Crippen LogP contribution in [0.2, 0.25) is 0 Å². The lowest BCUT2D eigenvalue weighted by Crippen LogP contribution is -2.24. The summed E-state index contributed by atoms with van der Waals surface area (Å²) in [5.74, 6) is 0.361. The van der Waals surface area contributed by atoms with Crippen molar-refractivity contribution in [2.75, 3.05) is 18.5 Å². The van der Waals surface area contributed by atoms with Gasteiger partial charge in [-0.15, -0.1) is 0 Å². The van der Waals surface area contributed by atoms with E-state index in [0.717, 1.165) is 6.42 Å². The number of aryl methyl sites for hydroxylation is 1. The van der Waals surface area contributed by atoms with Gasteiger partial charge in [-0.3, -0.25) is 4.79 Å². The molecule has 0 atom stereocenters. The number of hydrogen-bond acceptors (Lipinski definition) is 4. The highest BCUT2D eigenvalue weighted by Crippen LogP contribution is 1.94. The van der Waals surface area contributed by atoms with Gasteiger partial charge in [-0.1, -0.05) is 6.92 Å². The molecule has 5 nitrogen and oxygen atoms in total. The first-order valence-electron chi connectivity index (χ1n) is 5.19. The first-order chi connectivity index (χ1) is 7.29. The summed E-state index contributed by atoms with van der Waals surface area (Å²) in [6.07, 6.45) is 4.82. The maximum Gasteiger partial charge on any atom is 0.293 e. The first kappa shape index (κ1) is 11.7. The number of aromatic nitrogens is 2. The van der Waals surface area contributed by atoms with Crippen molar-refractivity contribution >= 4 is 5.82 Å². The third-order valence-corrected chi connectivity index (χ3v) is 2.01. The van der Waals surface area contributed by atoms with Crippen molar-refractivity contribution in [3.8, 4) is 0 Å². The molecule has 0 amide bonds. The van der Waals surface area contributed by atoms with Gasteiger partial charge in [0.25, 0.3) is 5.56 Å². The second-order valence-electron chi connectivity index (χ2n) is 3.28. The zero-order valence-corrected chi connectivity index (χ0v) is 8.94. The van der Waals surface area contributed by atoms with Gasteiger partial charge >= 0.3 is 0 Å². The predicted octanol–water partition coefficient (Wildman–Crippen LogP) is 0.448. The molecular formula is C10H17N3O2. The summed E-state index contributed by atoms with van der Waals surface area (Å²) in [6.45, 7) is 3.40. The molecule has 1 aromatic heterocycles. The van der Waals surface area contributed by atoms with Crippen LogP contribution in [0.3, 0.4) is 0 Å². The zero-order valence-electron chi connectivity index (χ0n) is 8.94. The number of aliphatic hydroxyl groups excluding tert-OH is 1. The summed E-state index contributed by atoms with van der Waals surface area (Å²) < 4.78 is 1.63. The van der Waals surface area contributed by atoms with Gasteiger partial charge in [-0.25, -0.2) is 4.98 Å². The van der Waals surface area contributed by atoms with Crippen molar-refractivity contribution in [2.45, 2.75) is 26.3 Å². The van der Waals surface area contributed by atoms with E-state index in [1.54, 1.807) is 17.0 Å². The Morgan fingerprint density at radius 2 is 2.40 bits per heavy atom. The van der Waals surface area contributed by atoms with Crippen molar-refractivity contribution in [3.63, 3.8) is 0 Å². The Bertz CT molecular complexity index is 349. The quantitative estimate of drug-likeness (QED) is 0.670. The van der Waals surface area contributed by atoms with E-state index in [9.17, 15) is 4.79 Å². The Balaban J connectivity index is 2.71. The normalized spacial score (nSPS) is 10.3. The van der Waals surface area contributed by atoms with Gasteiger partial charge in [0.2, 0.25) is 0 Å². The molecule has 0 radical (unpaired) electrons. The van der Waals surface area contributed by atoms with E-state index in [4.69, 9.17) is 5.11 Å². The van der Waals surface area contributed by atoms with E-state index in [0.29, 0.717) is 25.3 Å². The summed E-state index contributed by atoms with van der Waals surface area (Å²) in [7, 11) is 0. The van der Waals surface area contributed by atoms with Crippen LogP contribution in [-0.4, -0.2) is 27.8 Å². The smallest absolute Gasteiger partial charge is 0.293 e. The van der Waals surface area contributed by atoms with Gasteiger partial charge in [0.1, 0.15) is 0 Å². The monoisotopic (exact) mass is 211 g/mol. The molecule has 1 aromatic rings. The van der Waals surface area contributed by atoms with Crippen molar-refractivity contribution in [1.82, 2.24) is 9.55 Å². The number of anilines is 1. The standard InChI is InChI=1S/C10H17N3O2/c1-2-6-13-7-5-12-9(10(13)15)11-4-3-8-14/h5,7,14H,2-4,6,8H2,1H3,(H,11,12). The van der Waals surface area contributed by atoms with Gasteiger partial charge in [-0.05, 0) is 12.8 Å². The van der Waals surface area contributed by atoms with Gasteiger partial charge in [0.15, 0.2) is 5.82 Å². The van der Waals surface area contributed by atoms with Crippen LogP contribution in [0.1, 0.15) is 19.8 Å². The minimum atomic E-state index is -0.0997. The Kier molecular flexibility index (Phi) is 4.83. The molecule has 5 heteroatoms. The second kappa shape index (κ2) is 6.19. The Morgan fingerprint density at radius 3 is 3.07 bits per heavy atom.